The lowest BCUT2D eigenvalue weighted by molar-refractivity contribution is 0.0890. The van der Waals surface area contributed by atoms with E-state index in [1.165, 1.54) is 12.1 Å². The summed E-state index contributed by atoms with van der Waals surface area (Å²) in [5, 5.41) is 15.3. The number of phenols is 1. The minimum atomic E-state index is -0.654. The molecule has 1 aliphatic carbocycles. The van der Waals surface area contributed by atoms with Crippen LogP contribution in [0, 0.1) is 5.82 Å². The zero-order valence-electron chi connectivity index (χ0n) is 19.2. The Morgan fingerprint density at radius 3 is 2.31 bits per heavy atom. The van der Waals surface area contributed by atoms with Crippen molar-refractivity contribution < 1.29 is 33.3 Å². The molecule has 1 fully saturated rings. The quantitative estimate of drug-likeness (QED) is 0.476. The Labute approximate surface area is 206 Å². The standard InChI is InChI=1S/C26H24FN3O6/c27-16-11-21(26(28-13-16)36-20-9-10-22-23(12-20)35-14-34-22)25(33)30-18-5-3-17(4-6-18)29-24(32)15-1-7-19(31)8-2-15/h1-2,7-13,17-18,31H,3-6,14H2,(H,29,32)(H,30,33). The summed E-state index contributed by atoms with van der Waals surface area (Å²) in [6.45, 7) is 0.115. The predicted octanol–water partition coefficient (Wildman–Crippen LogP) is 3.92. The van der Waals surface area contributed by atoms with Crippen molar-refractivity contribution in [2.75, 3.05) is 6.79 Å². The summed E-state index contributed by atoms with van der Waals surface area (Å²) >= 11 is 0. The van der Waals surface area contributed by atoms with Gasteiger partial charge in [-0.25, -0.2) is 9.37 Å². The number of halogens is 1. The van der Waals surface area contributed by atoms with Crippen molar-refractivity contribution in [1.29, 1.82) is 0 Å². The van der Waals surface area contributed by atoms with Crippen LogP contribution in [0.15, 0.2) is 54.7 Å². The fraction of sp³-hybridized carbons (Fsp3) is 0.269. The number of aromatic nitrogens is 1. The van der Waals surface area contributed by atoms with Gasteiger partial charge in [-0.3, -0.25) is 9.59 Å². The number of phenolic OH excluding ortho intramolecular Hbond substituents is 1. The number of aromatic hydroxyl groups is 1. The summed E-state index contributed by atoms with van der Waals surface area (Å²) in [6, 6.07) is 11.9. The van der Waals surface area contributed by atoms with Gasteiger partial charge in [-0.05, 0) is 68.1 Å². The Hall–Kier alpha value is -4.34. The number of carbonyl (C=O) groups excluding carboxylic acids is 2. The molecule has 0 atom stereocenters. The van der Waals surface area contributed by atoms with Gasteiger partial charge < -0.3 is 30.0 Å². The molecule has 0 radical (unpaired) electrons. The SMILES string of the molecule is O=C(NC1CCC(NC(=O)c2cc(F)cnc2Oc2ccc3c(c2)OCO3)CC1)c1ccc(O)cc1. The molecular weight excluding hydrogens is 469 g/mol. The summed E-state index contributed by atoms with van der Waals surface area (Å²) in [5.74, 6) is 0.185. The molecule has 2 aromatic carbocycles. The van der Waals surface area contributed by atoms with Crippen molar-refractivity contribution in [1.82, 2.24) is 15.6 Å². The normalized spacial score (nSPS) is 18.4. The van der Waals surface area contributed by atoms with Gasteiger partial charge in [0.2, 0.25) is 12.7 Å². The number of nitrogens with zero attached hydrogens (tertiary/aromatic N) is 1. The molecule has 0 saturated heterocycles. The largest absolute Gasteiger partial charge is 0.508 e. The molecule has 10 heteroatoms. The van der Waals surface area contributed by atoms with E-state index in [0.29, 0.717) is 48.5 Å². The number of nitrogens with one attached hydrogen (secondary N) is 2. The molecule has 0 spiro atoms. The maximum atomic E-state index is 14.0. The molecule has 0 unspecified atom stereocenters. The van der Waals surface area contributed by atoms with Gasteiger partial charge in [0, 0.05) is 23.7 Å². The van der Waals surface area contributed by atoms with Crippen molar-refractivity contribution in [3.8, 4) is 28.9 Å². The molecule has 1 aliphatic heterocycles. The number of ether oxygens (including phenoxy) is 3. The van der Waals surface area contributed by atoms with Crippen LogP contribution in [0.1, 0.15) is 46.4 Å². The fourth-order valence-corrected chi connectivity index (χ4v) is 4.25. The van der Waals surface area contributed by atoms with E-state index in [4.69, 9.17) is 14.2 Å². The van der Waals surface area contributed by atoms with Gasteiger partial charge in [-0.15, -0.1) is 0 Å². The number of hydrogen-bond acceptors (Lipinski definition) is 7. The molecule has 9 nitrogen and oxygen atoms in total. The van der Waals surface area contributed by atoms with Crippen LogP contribution in [0.5, 0.6) is 28.9 Å². The first-order chi connectivity index (χ1) is 17.4. The zero-order valence-corrected chi connectivity index (χ0v) is 19.2. The first-order valence-corrected chi connectivity index (χ1v) is 11.6. The van der Waals surface area contributed by atoms with Gasteiger partial charge in [0.25, 0.3) is 11.8 Å². The highest BCUT2D eigenvalue weighted by Gasteiger charge is 2.26. The summed E-state index contributed by atoms with van der Waals surface area (Å²) in [6.07, 6.45) is 3.63. The van der Waals surface area contributed by atoms with Crippen LogP contribution in [-0.4, -0.2) is 40.8 Å². The minimum Gasteiger partial charge on any atom is -0.508 e. The smallest absolute Gasteiger partial charge is 0.257 e. The van der Waals surface area contributed by atoms with E-state index in [1.54, 1.807) is 30.3 Å². The number of carbonyl (C=O) groups is 2. The molecule has 2 amide bonds. The summed E-state index contributed by atoms with van der Waals surface area (Å²) in [5.41, 5.74) is 0.451. The molecule has 1 aromatic heterocycles. The lowest BCUT2D eigenvalue weighted by atomic mass is 9.90. The fourth-order valence-electron chi connectivity index (χ4n) is 4.25. The van der Waals surface area contributed by atoms with E-state index in [0.717, 1.165) is 12.3 Å². The molecule has 2 heterocycles. The average molecular weight is 493 g/mol. The van der Waals surface area contributed by atoms with Gasteiger partial charge in [-0.1, -0.05) is 0 Å². The number of benzene rings is 2. The van der Waals surface area contributed by atoms with Crippen molar-refractivity contribution in [3.05, 3.63) is 71.7 Å². The van der Waals surface area contributed by atoms with E-state index in [9.17, 15) is 19.1 Å². The van der Waals surface area contributed by atoms with Crippen LogP contribution < -0.4 is 24.8 Å². The predicted molar refractivity (Wildman–Crippen MR) is 126 cm³/mol. The maximum absolute atomic E-state index is 14.0. The maximum Gasteiger partial charge on any atom is 0.257 e. The van der Waals surface area contributed by atoms with Crippen molar-refractivity contribution in [2.24, 2.45) is 0 Å². The molecule has 186 valence electrons. The summed E-state index contributed by atoms with van der Waals surface area (Å²) < 4.78 is 30.3. The van der Waals surface area contributed by atoms with Crippen LogP contribution >= 0.6 is 0 Å². The van der Waals surface area contributed by atoms with Crippen molar-refractivity contribution in [3.63, 3.8) is 0 Å². The second kappa shape index (κ2) is 10.1. The van der Waals surface area contributed by atoms with Crippen LogP contribution in [0.4, 0.5) is 4.39 Å². The molecule has 3 N–H and O–H groups in total. The topological polar surface area (TPSA) is 119 Å². The number of rotatable bonds is 6. The van der Waals surface area contributed by atoms with Gasteiger partial charge >= 0.3 is 0 Å². The van der Waals surface area contributed by atoms with E-state index in [1.807, 2.05) is 0 Å². The Morgan fingerprint density at radius 1 is 0.917 bits per heavy atom. The summed E-state index contributed by atoms with van der Waals surface area (Å²) in [4.78, 5) is 29.4. The van der Waals surface area contributed by atoms with Crippen LogP contribution in [0.25, 0.3) is 0 Å². The first kappa shape index (κ1) is 23.4. The Balaban J connectivity index is 1.18. The molecule has 2 aliphatic rings. The third kappa shape index (κ3) is 5.32. The number of amides is 2. The average Bonchev–Trinajstić information content (AvgIpc) is 3.34. The molecule has 36 heavy (non-hydrogen) atoms. The highest BCUT2D eigenvalue weighted by atomic mass is 19.1. The lowest BCUT2D eigenvalue weighted by Gasteiger charge is -2.29. The summed E-state index contributed by atoms with van der Waals surface area (Å²) in [7, 11) is 0. The van der Waals surface area contributed by atoms with Gasteiger partial charge in [0.1, 0.15) is 22.9 Å². The highest BCUT2D eigenvalue weighted by Crippen LogP contribution is 2.37. The minimum absolute atomic E-state index is 0.0181. The van der Waals surface area contributed by atoms with E-state index in [2.05, 4.69) is 15.6 Å². The van der Waals surface area contributed by atoms with Gasteiger partial charge in [0.15, 0.2) is 11.5 Å². The molecule has 3 aromatic rings. The molecule has 0 bridgehead atoms. The first-order valence-electron chi connectivity index (χ1n) is 11.6. The third-order valence-electron chi connectivity index (χ3n) is 6.15. The van der Waals surface area contributed by atoms with Gasteiger partial charge in [-0.2, -0.15) is 0 Å². The molecule has 1 saturated carbocycles. The van der Waals surface area contributed by atoms with Crippen LogP contribution in [0.3, 0.4) is 0 Å². The zero-order chi connectivity index (χ0) is 25.1. The van der Waals surface area contributed by atoms with Crippen LogP contribution in [0.2, 0.25) is 0 Å². The van der Waals surface area contributed by atoms with Gasteiger partial charge in [0.05, 0.1) is 6.20 Å². The Morgan fingerprint density at radius 2 is 1.58 bits per heavy atom. The lowest BCUT2D eigenvalue weighted by Crippen LogP contribution is -2.43. The van der Waals surface area contributed by atoms with E-state index < -0.39 is 11.7 Å². The van der Waals surface area contributed by atoms with Crippen LogP contribution in [-0.2, 0) is 0 Å². The number of fused-ring (bicyclic) bond motifs is 1. The van der Waals surface area contributed by atoms with Crippen molar-refractivity contribution >= 4 is 11.8 Å². The van der Waals surface area contributed by atoms with E-state index >= 15 is 0 Å². The highest BCUT2D eigenvalue weighted by molar-refractivity contribution is 5.96. The second-order valence-electron chi connectivity index (χ2n) is 8.67. The Bertz CT molecular complexity index is 1280. The number of hydrogen-bond donors (Lipinski definition) is 3. The monoisotopic (exact) mass is 493 g/mol. The number of pyridine rings is 1. The molecular formula is C26H24FN3O6. The van der Waals surface area contributed by atoms with Crippen molar-refractivity contribution in [2.45, 2.75) is 37.8 Å². The third-order valence-corrected chi connectivity index (χ3v) is 6.15. The molecule has 5 rings (SSSR count). The Kier molecular flexibility index (Phi) is 6.57. The second-order valence-corrected chi connectivity index (χ2v) is 8.67. The van der Waals surface area contributed by atoms with E-state index in [-0.39, 0.29) is 42.0 Å².